The number of alkyl halides is 1. The van der Waals surface area contributed by atoms with E-state index in [-0.39, 0.29) is 21.6 Å². The lowest BCUT2D eigenvalue weighted by molar-refractivity contribution is -0.178. The predicted molar refractivity (Wildman–Crippen MR) is 141 cm³/mol. The van der Waals surface area contributed by atoms with Crippen LogP contribution in [0.4, 0.5) is 8.78 Å². The van der Waals surface area contributed by atoms with E-state index >= 15 is 8.78 Å². The zero-order chi connectivity index (χ0) is 29.1. The van der Waals surface area contributed by atoms with Crippen LogP contribution in [-0.4, -0.2) is 33.2 Å². The lowest BCUT2D eigenvalue weighted by atomic mass is 9.78. The summed E-state index contributed by atoms with van der Waals surface area (Å²) in [5.41, 5.74) is -0.629. The number of rotatable bonds is 4. The molecule has 4 rings (SSSR count). The Hall–Kier alpha value is -2.39. The van der Waals surface area contributed by atoms with Crippen molar-refractivity contribution in [1.82, 2.24) is 9.55 Å². The van der Waals surface area contributed by atoms with Crippen LogP contribution in [0.15, 0.2) is 17.1 Å². The van der Waals surface area contributed by atoms with Crippen LogP contribution < -0.4 is 10.1 Å². The van der Waals surface area contributed by atoms with Gasteiger partial charge < -0.3 is 14.4 Å². The lowest BCUT2D eigenvalue weighted by Gasteiger charge is -2.34. The Morgan fingerprint density at radius 2 is 1.95 bits per heavy atom. The van der Waals surface area contributed by atoms with Gasteiger partial charge in [0, 0.05) is 18.2 Å². The number of fused-ring (bicyclic) bond motifs is 1. The van der Waals surface area contributed by atoms with Gasteiger partial charge in [-0.2, -0.15) is 0 Å². The quantitative estimate of drug-likeness (QED) is 0.283. The van der Waals surface area contributed by atoms with Crippen molar-refractivity contribution in [3.63, 3.8) is 0 Å². The molecule has 13 heteroatoms. The highest BCUT2D eigenvalue weighted by Crippen LogP contribution is 2.58. The molecule has 2 N–H and O–H groups in total. The van der Waals surface area contributed by atoms with E-state index in [0.717, 1.165) is 4.57 Å². The summed E-state index contributed by atoms with van der Waals surface area (Å²) in [6, 6.07) is 1.68. The van der Waals surface area contributed by atoms with Crippen molar-refractivity contribution in [2.75, 3.05) is 6.61 Å². The Labute approximate surface area is 230 Å². The van der Waals surface area contributed by atoms with Crippen LogP contribution in [-0.2, 0) is 35.8 Å². The van der Waals surface area contributed by atoms with Gasteiger partial charge in [0.05, 0.1) is 12.2 Å². The number of phosphoric ester groups is 1. The summed E-state index contributed by atoms with van der Waals surface area (Å²) in [4.78, 5) is 14.2. The lowest BCUT2D eigenvalue weighted by Crippen LogP contribution is -2.30. The largest absolute Gasteiger partial charge is 0.530 e. The number of nitrogens with one attached hydrogen (secondary N) is 1. The summed E-state index contributed by atoms with van der Waals surface area (Å²) >= 11 is 5.10. The third-order valence-corrected chi connectivity index (χ3v) is 8.12. The van der Waals surface area contributed by atoms with Gasteiger partial charge in [-0.1, -0.05) is 47.5 Å². The molecular formula is C26H31F2N2O7PS. The fourth-order valence-electron chi connectivity index (χ4n) is 4.42. The molecule has 0 saturated carbocycles. The van der Waals surface area contributed by atoms with Gasteiger partial charge in [-0.25, -0.2) is 13.3 Å². The van der Waals surface area contributed by atoms with E-state index in [0.29, 0.717) is 11.1 Å². The number of H-pyrrole nitrogens is 1. The smallest absolute Gasteiger partial charge is 0.403 e. The number of hydrogen-bond acceptors (Lipinski definition) is 8. The maximum Gasteiger partial charge on any atom is 0.530 e. The van der Waals surface area contributed by atoms with Gasteiger partial charge >= 0.3 is 7.82 Å². The number of halogens is 2. The highest BCUT2D eigenvalue weighted by Gasteiger charge is 2.50. The van der Waals surface area contributed by atoms with Crippen molar-refractivity contribution < 1.29 is 36.8 Å². The van der Waals surface area contributed by atoms with Crippen LogP contribution >= 0.6 is 20.0 Å². The molecule has 2 aliphatic rings. The molecule has 2 aliphatic heterocycles. The van der Waals surface area contributed by atoms with E-state index in [9.17, 15) is 14.5 Å². The minimum absolute atomic E-state index is 0.0297. The Balaban J connectivity index is 1.59. The number of aliphatic hydroxyl groups excluding tert-OH is 1. The minimum atomic E-state index is -4.42. The molecule has 4 atom stereocenters. The number of hydrogen-bond donors (Lipinski definition) is 2. The van der Waals surface area contributed by atoms with Crippen LogP contribution in [0.25, 0.3) is 0 Å². The first-order chi connectivity index (χ1) is 17.9. The molecule has 0 bridgehead atoms. The molecule has 1 aromatic carbocycles. The zero-order valence-corrected chi connectivity index (χ0v) is 24.2. The first-order valence-corrected chi connectivity index (χ1v) is 14.1. The number of nitrogens with zero attached hydrogens (tertiary/aromatic N) is 1. The third kappa shape index (κ3) is 5.75. The number of phosphoric acid groups is 1. The van der Waals surface area contributed by atoms with E-state index in [1.54, 1.807) is 6.07 Å². The summed E-state index contributed by atoms with van der Waals surface area (Å²) in [7, 11) is -4.42. The summed E-state index contributed by atoms with van der Waals surface area (Å²) in [6.07, 6.45) is 3.12. The second kappa shape index (κ2) is 9.91. The fraction of sp³-hybridized carbons (Fsp3) is 0.538. The average molecular weight is 585 g/mol. The van der Waals surface area contributed by atoms with Crippen molar-refractivity contribution in [2.45, 2.75) is 83.6 Å². The Kier molecular flexibility index (Phi) is 7.52. The molecule has 2 aromatic rings. The van der Waals surface area contributed by atoms with Crippen LogP contribution in [0.1, 0.15) is 76.4 Å². The maximum atomic E-state index is 15.7. The highest BCUT2D eigenvalue weighted by molar-refractivity contribution is 7.71. The SMILES string of the molecule is C#Cc1cn([C@@H]2O[C@](F)(COP3(=O)OCc4c(F)c(C(C)(C)C)cc(C(C)(C)C)c4O3)C[C@H]2O)c(=S)[nH]c1=O. The molecular weight excluding hydrogens is 553 g/mol. The number of aromatic amines is 1. The van der Waals surface area contributed by atoms with Crippen molar-refractivity contribution in [3.8, 4) is 18.1 Å². The maximum absolute atomic E-state index is 15.7. The molecule has 9 nitrogen and oxygen atoms in total. The summed E-state index contributed by atoms with van der Waals surface area (Å²) in [5.74, 6) is -0.969. The highest BCUT2D eigenvalue weighted by atomic mass is 32.1. The zero-order valence-electron chi connectivity index (χ0n) is 22.5. The van der Waals surface area contributed by atoms with Crippen molar-refractivity contribution >= 4 is 20.0 Å². The number of ether oxygens (including phenoxy) is 1. The van der Waals surface area contributed by atoms with Gasteiger partial charge in [-0.15, -0.1) is 6.42 Å². The van der Waals surface area contributed by atoms with Gasteiger partial charge in [0.25, 0.3) is 5.56 Å². The molecule has 212 valence electrons. The van der Waals surface area contributed by atoms with E-state index in [2.05, 4.69) is 10.9 Å². The number of aromatic nitrogens is 2. The Morgan fingerprint density at radius 3 is 2.54 bits per heavy atom. The van der Waals surface area contributed by atoms with Gasteiger partial charge in [0.2, 0.25) is 5.85 Å². The van der Waals surface area contributed by atoms with E-state index in [1.807, 2.05) is 41.5 Å². The second-order valence-corrected chi connectivity index (χ2v) is 13.7. The number of terminal acetylenes is 1. The molecule has 1 unspecified atom stereocenters. The normalized spacial score (nSPS) is 27.1. The van der Waals surface area contributed by atoms with Gasteiger partial charge in [-0.05, 0) is 34.7 Å². The van der Waals surface area contributed by atoms with Crippen LogP contribution in [0.3, 0.4) is 0 Å². The summed E-state index contributed by atoms with van der Waals surface area (Å²) in [6.45, 7) is 9.96. The fourth-order valence-corrected chi connectivity index (χ4v) is 5.92. The predicted octanol–water partition coefficient (Wildman–Crippen LogP) is 5.30. The summed E-state index contributed by atoms with van der Waals surface area (Å²) in [5, 5.41) is 10.5. The van der Waals surface area contributed by atoms with E-state index in [1.165, 1.54) is 6.20 Å². The molecule has 0 spiro atoms. The standard InChI is InChI=1S/C26H31F2N2O7PS/c1-8-14-11-30(23(39)29-21(14)32)22-18(31)10-26(28,36-22)13-35-38(33)34-12-15-19(27)16(24(2,3)4)9-17(20(15)37-38)25(5,6)7/h1,9,11,18,22,31H,10,12-13H2,2-7H3,(H,29,32,39)/t18-,22-,26+,38?/m1/s1. The molecule has 0 radical (unpaired) electrons. The van der Waals surface area contributed by atoms with Crippen molar-refractivity contribution in [2.24, 2.45) is 0 Å². The van der Waals surface area contributed by atoms with Crippen LogP contribution in [0.5, 0.6) is 5.75 Å². The number of benzene rings is 1. The third-order valence-electron chi connectivity index (χ3n) is 6.51. The van der Waals surface area contributed by atoms with Gasteiger partial charge in [0.15, 0.2) is 11.0 Å². The molecule has 0 amide bonds. The van der Waals surface area contributed by atoms with Crippen LogP contribution in [0, 0.1) is 22.9 Å². The molecule has 3 heterocycles. The van der Waals surface area contributed by atoms with Crippen LogP contribution in [0.2, 0.25) is 0 Å². The first-order valence-electron chi connectivity index (χ1n) is 12.2. The van der Waals surface area contributed by atoms with Crippen molar-refractivity contribution in [3.05, 3.63) is 55.5 Å². The second-order valence-electron chi connectivity index (χ2n) is 11.7. The Morgan fingerprint density at radius 1 is 1.31 bits per heavy atom. The monoisotopic (exact) mass is 584 g/mol. The molecule has 0 aliphatic carbocycles. The minimum Gasteiger partial charge on any atom is -0.403 e. The molecule has 1 saturated heterocycles. The topological polar surface area (TPSA) is 112 Å². The van der Waals surface area contributed by atoms with Gasteiger partial charge in [-0.3, -0.25) is 23.4 Å². The van der Waals surface area contributed by atoms with E-state index in [4.69, 9.17) is 36.9 Å². The van der Waals surface area contributed by atoms with Crippen molar-refractivity contribution in [1.29, 1.82) is 0 Å². The number of aliphatic hydroxyl groups is 1. The molecule has 1 fully saturated rings. The molecule has 1 aromatic heterocycles. The molecule has 39 heavy (non-hydrogen) atoms. The summed E-state index contributed by atoms with van der Waals surface area (Å²) < 4.78 is 67.2. The Bertz CT molecular complexity index is 1520. The van der Waals surface area contributed by atoms with Gasteiger partial charge in [0.1, 0.15) is 29.8 Å². The average Bonchev–Trinajstić information content (AvgIpc) is 3.11. The first kappa shape index (κ1) is 29.6. The van der Waals surface area contributed by atoms with E-state index < -0.39 is 67.9 Å².